The summed E-state index contributed by atoms with van der Waals surface area (Å²) in [5.74, 6) is -1.62. The predicted molar refractivity (Wildman–Crippen MR) is 197 cm³/mol. The van der Waals surface area contributed by atoms with Gasteiger partial charge in [0, 0.05) is 33.3 Å². The number of nitrogens with one attached hydrogen (secondary N) is 1. The van der Waals surface area contributed by atoms with E-state index in [2.05, 4.69) is 126 Å². The maximum Gasteiger partial charge on any atom is 0.223 e. The van der Waals surface area contributed by atoms with Crippen LogP contribution in [0.3, 0.4) is 0 Å². The Morgan fingerprint density at radius 1 is 0.714 bits per heavy atom. The fourth-order valence-corrected chi connectivity index (χ4v) is 8.45. The largest absolute Gasteiger partial charge is 0.361 e. The maximum atomic E-state index is 14.6. The van der Waals surface area contributed by atoms with E-state index in [4.69, 9.17) is 0 Å². The molecule has 6 heteroatoms. The van der Waals surface area contributed by atoms with Crippen LogP contribution < -0.4 is 5.32 Å². The molecule has 238 valence electrons. The van der Waals surface area contributed by atoms with Crippen molar-refractivity contribution < 1.29 is 8.78 Å². The zero-order valence-corrected chi connectivity index (χ0v) is 27.8. The third kappa shape index (κ3) is 4.89. The van der Waals surface area contributed by atoms with E-state index in [1.165, 1.54) is 44.5 Å². The summed E-state index contributed by atoms with van der Waals surface area (Å²) in [6.45, 7) is 8.68. The molecule has 1 atom stereocenters. The molecule has 1 N–H and O–H groups in total. The minimum Gasteiger partial charge on any atom is -0.361 e. The summed E-state index contributed by atoms with van der Waals surface area (Å²) >= 11 is 1.72. The van der Waals surface area contributed by atoms with Crippen molar-refractivity contribution in [2.24, 2.45) is 0 Å². The minimum absolute atomic E-state index is 0.0268. The number of pyridine rings is 1. The van der Waals surface area contributed by atoms with Crippen LogP contribution >= 0.6 is 11.9 Å². The number of rotatable bonds is 3. The van der Waals surface area contributed by atoms with E-state index in [0.29, 0.717) is 11.1 Å². The van der Waals surface area contributed by atoms with Gasteiger partial charge in [0.15, 0.2) is 0 Å². The second-order valence-electron chi connectivity index (χ2n) is 13.4. The van der Waals surface area contributed by atoms with Gasteiger partial charge in [0.1, 0.15) is 6.17 Å². The standard InChI is InChI=1S/C43H31F2N3S/c1-25-33-6-4-5-7-39(33)49-48-24-32(14-19-41(48)46-25)29-11-10-26-20-28(9-8-27(26)21-29)30-12-15-35-36-16-13-31(34-17-18-40(44)47-42(34)45)23-38(36)43(2,3)37(35)22-30/h4-24,41,46H,1H2,2-3H3. The minimum atomic E-state index is -0.822. The Labute approximate surface area is 288 Å². The van der Waals surface area contributed by atoms with Crippen LogP contribution in [0.2, 0.25) is 0 Å². The van der Waals surface area contributed by atoms with E-state index < -0.39 is 11.9 Å². The van der Waals surface area contributed by atoms with Crippen LogP contribution in [-0.2, 0) is 5.41 Å². The molecule has 3 aliphatic rings. The van der Waals surface area contributed by atoms with Gasteiger partial charge in [-0.1, -0.05) is 93.2 Å². The Morgan fingerprint density at radius 2 is 1.35 bits per heavy atom. The number of halogens is 2. The molecule has 49 heavy (non-hydrogen) atoms. The van der Waals surface area contributed by atoms with E-state index in [-0.39, 0.29) is 11.6 Å². The molecular weight excluding hydrogens is 629 g/mol. The molecule has 0 spiro atoms. The van der Waals surface area contributed by atoms with Gasteiger partial charge < -0.3 is 5.32 Å². The third-order valence-electron chi connectivity index (χ3n) is 10.0. The Kier molecular flexibility index (Phi) is 6.68. The van der Waals surface area contributed by atoms with Gasteiger partial charge in [-0.15, -0.1) is 0 Å². The lowest BCUT2D eigenvalue weighted by molar-refractivity contribution is 0.484. The summed E-state index contributed by atoms with van der Waals surface area (Å²) in [6.07, 6.45) is 6.62. The van der Waals surface area contributed by atoms with Crippen molar-refractivity contribution >= 4 is 34.0 Å². The first-order valence-electron chi connectivity index (χ1n) is 16.3. The summed E-state index contributed by atoms with van der Waals surface area (Å²) in [5, 5.41) is 5.91. The van der Waals surface area contributed by atoms with Crippen molar-refractivity contribution in [1.82, 2.24) is 14.6 Å². The highest BCUT2D eigenvalue weighted by Gasteiger charge is 2.36. The Bertz CT molecular complexity index is 2440. The molecule has 3 heterocycles. The molecule has 1 aliphatic carbocycles. The zero-order valence-electron chi connectivity index (χ0n) is 27.0. The number of aromatic nitrogens is 1. The first-order chi connectivity index (χ1) is 23.7. The van der Waals surface area contributed by atoms with Gasteiger partial charge in [-0.05, 0) is 121 Å². The summed E-state index contributed by atoms with van der Waals surface area (Å²) in [4.78, 5) is 4.58. The number of benzene rings is 5. The van der Waals surface area contributed by atoms with Gasteiger partial charge in [-0.3, -0.25) is 4.31 Å². The molecule has 3 nitrogen and oxygen atoms in total. The lowest BCUT2D eigenvalue weighted by atomic mass is 9.81. The van der Waals surface area contributed by atoms with Crippen molar-refractivity contribution in [3.8, 4) is 33.4 Å². The number of hydrogen-bond donors (Lipinski definition) is 1. The van der Waals surface area contributed by atoms with Crippen LogP contribution in [0, 0.1) is 11.9 Å². The third-order valence-corrected chi connectivity index (χ3v) is 11.1. The van der Waals surface area contributed by atoms with Gasteiger partial charge >= 0.3 is 0 Å². The summed E-state index contributed by atoms with van der Waals surface area (Å²) in [5.41, 5.74) is 12.0. The fourth-order valence-electron chi connectivity index (χ4n) is 7.39. The van der Waals surface area contributed by atoms with Gasteiger partial charge in [0.25, 0.3) is 0 Å². The highest BCUT2D eigenvalue weighted by molar-refractivity contribution is 7.97. The van der Waals surface area contributed by atoms with Crippen LogP contribution in [0.5, 0.6) is 0 Å². The molecule has 5 aromatic carbocycles. The number of hydrogen-bond acceptors (Lipinski definition) is 4. The van der Waals surface area contributed by atoms with Crippen molar-refractivity contribution in [2.45, 2.75) is 30.3 Å². The van der Waals surface area contributed by atoms with Crippen molar-refractivity contribution in [1.29, 1.82) is 0 Å². The van der Waals surface area contributed by atoms with Gasteiger partial charge in [0.2, 0.25) is 11.9 Å². The Hall–Kier alpha value is -5.46. The molecule has 0 saturated heterocycles. The highest BCUT2D eigenvalue weighted by atomic mass is 32.2. The smallest absolute Gasteiger partial charge is 0.223 e. The topological polar surface area (TPSA) is 28.2 Å². The Balaban J connectivity index is 1.01. The summed E-state index contributed by atoms with van der Waals surface area (Å²) < 4.78 is 30.3. The number of fused-ring (bicyclic) bond motifs is 6. The average Bonchev–Trinajstić information content (AvgIpc) is 3.23. The normalized spacial score (nSPS) is 17.1. The predicted octanol–water partition coefficient (Wildman–Crippen LogP) is 11.0. The highest BCUT2D eigenvalue weighted by Crippen LogP contribution is 2.51. The lowest BCUT2D eigenvalue weighted by Crippen LogP contribution is -2.36. The first-order valence-corrected chi connectivity index (χ1v) is 17.1. The molecule has 0 radical (unpaired) electrons. The number of allylic oxidation sites excluding steroid dienone is 2. The molecule has 0 amide bonds. The second-order valence-corrected chi connectivity index (χ2v) is 14.4. The van der Waals surface area contributed by atoms with Gasteiger partial charge in [0.05, 0.1) is 0 Å². The van der Waals surface area contributed by atoms with E-state index in [1.807, 2.05) is 24.3 Å². The molecule has 1 aromatic heterocycles. The number of nitrogens with zero attached hydrogens (tertiary/aromatic N) is 2. The fraction of sp³-hybridized carbons (Fsp3) is 0.0930. The first kappa shape index (κ1) is 29.7. The van der Waals surface area contributed by atoms with Crippen LogP contribution in [0.25, 0.3) is 55.4 Å². The van der Waals surface area contributed by atoms with E-state index >= 15 is 0 Å². The zero-order chi connectivity index (χ0) is 33.4. The SMILES string of the molecule is C=C1NC2C=CC(c3ccc4cc(-c5ccc6c(c5)C(C)(C)c5cc(-c7ccc(F)nc7F)ccc5-6)ccc4c3)=CN2Sc2ccccc21. The van der Waals surface area contributed by atoms with Crippen molar-refractivity contribution in [3.05, 3.63) is 168 Å². The van der Waals surface area contributed by atoms with E-state index in [9.17, 15) is 8.78 Å². The Morgan fingerprint density at radius 3 is 2.12 bits per heavy atom. The summed E-state index contributed by atoms with van der Waals surface area (Å²) in [7, 11) is 0. The monoisotopic (exact) mass is 659 g/mol. The van der Waals surface area contributed by atoms with Gasteiger partial charge in [-0.2, -0.15) is 13.8 Å². The van der Waals surface area contributed by atoms with Crippen LogP contribution in [0.4, 0.5) is 8.78 Å². The molecule has 0 saturated carbocycles. The lowest BCUT2D eigenvalue weighted by Gasteiger charge is -2.29. The van der Waals surface area contributed by atoms with E-state index in [0.717, 1.165) is 39.1 Å². The molecule has 9 rings (SSSR count). The second kappa shape index (κ2) is 11.0. The van der Waals surface area contributed by atoms with E-state index in [1.54, 1.807) is 11.9 Å². The van der Waals surface area contributed by atoms with Crippen LogP contribution in [-0.4, -0.2) is 15.5 Å². The molecule has 0 fully saturated rings. The van der Waals surface area contributed by atoms with Crippen molar-refractivity contribution in [2.75, 3.05) is 0 Å². The molecule has 0 bridgehead atoms. The molecular formula is C43H31F2N3S. The molecule has 1 unspecified atom stereocenters. The average molecular weight is 660 g/mol. The van der Waals surface area contributed by atoms with Crippen molar-refractivity contribution in [3.63, 3.8) is 0 Å². The quantitative estimate of drug-likeness (QED) is 0.151. The maximum absolute atomic E-state index is 14.6. The van der Waals surface area contributed by atoms with Crippen LogP contribution in [0.15, 0.2) is 139 Å². The van der Waals surface area contributed by atoms with Crippen LogP contribution in [0.1, 0.15) is 36.1 Å². The molecule has 2 aliphatic heterocycles. The van der Waals surface area contributed by atoms with Gasteiger partial charge in [-0.25, -0.2) is 0 Å². The molecule has 6 aromatic rings. The summed E-state index contributed by atoms with van der Waals surface area (Å²) in [6, 6.07) is 37.0.